The second kappa shape index (κ2) is 6.69. The van der Waals surface area contributed by atoms with E-state index in [-0.39, 0.29) is 12.4 Å². The van der Waals surface area contributed by atoms with Crippen LogP contribution in [0.4, 0.5) is 5.69 Å². The van der Waals surface area contributed by atoms with Crippen LogP contribution < -0.4 is 4.31 Å². The molecule has 0 radical (unpaired) electrons. The van der Waals surface area contributed by atoms with Crippen molar-refractivity contribution in [3.05, 3.63) is 59.1 Å². The number of nitrogens with zero attached hydrogens (tertiary/aromatic N) is 2. The van der Waals surface area contributed by atoms with E-state index in [9.17, 15) is 13.2 Å². The van der Waals surface area contributed by atoms with Crippen LogP contribution in [0.15, 0.2) is 48.5 Å². The highest BCUT2D eigenvalue weighted by Gasteiger charge is 2.28. The van der Waals surface area contributed by atoms with Crippen molar-refractivity contribution in [2.75, 3.05) is 16.6 Å². The summed E-state index contributed by atoms with van der Waals surface area (Å²) in [7, 11) is -3.28. The van der Waals surface area contributed by atoms with Crippen LogP contribution >= 0.6 is 11.3 Å². The summed E-state index contributed by atoms with van der Waals surface area (Å²) in [6, 6.07) is 14.3. The Labute approximate surface area is 155 Å². The van der Waals surface area contributed by atoms with Gasteiger partial charge in [0.15, 0.2) is 0 Å². The van der Waals surface area contributed by atoms with Gasteiger partial charge in [0.05, 0.1) is 27.2 Å². The molecule has 0 aliphatic carbocycles. The van der Waals surface area contributed by atoms with Gasteiger partial charge < -0.3 is 4.74 Å². The van der Waals surface area contributed by atoms with Gasteiger partial charge in [-0.2, -0.15) is 0 Å². The lowest BCUT2D eigenvalue weighted by molar-refractivity contribution is 0.0472. The van der Waals surface area contributed by atoms with E-state index in [1.165, 1.54) is 15.6 Å². The number of carbonyl (C=O) groups is 1. The van der Waals surface area contributed by atoms with Gasteiger partial charge >= 0.3 is 5.97 Å². The average Bonchev–Trinajstić information content (AvgIpc) is 3.21. The van der Waals surface area contributed by atoms with Crippen molar-refractivity contribution >= 4 is 43.2 Å². The summed E-state index contributed by atoms with van der Waals surface area (Å²) < 4.78 is 31.8. The molecule has 0 amide bonds. The highest BCUT2D eigenvalue weighted by Crippen LogP contribution is 2.26. The first-order chi connectivity index (χ1) is 12.5. The third kappa shape index (κ3) is 3.30. The molecular weight excluding hydrogens is 372 g/mol. The molecule has 0 N–H and O–H groups in total. The molecule has 2 aromatic carbocycles. The topological polar surface area (TPSA) is 76.6 Å². The van der Waals surface area contributed by atoms with Gasteiger partial charge in [-0.1, -0.05) is 18.2 Å². The number of esters is 1. The van der Waals surface area contributed by atoms with Gasteiger partial charge in [0.25, 0.3) is 0 Å². The first-order valence-corrected chi connectivity index (χ1v) is 10.6. The van der Waals surface area contributed by atoms with Crippen molar-refractivity contribution in [3.63, 3.8) is 0 Å². The SMILES string of the molecule is O=C(OCc1nc2ccccc2s1)c1cccc(N2CCCS2(=O)=O)c1. The maximum Gasteiger partial charge on any atom is 0.338 e. The summed E-state index contributed by atoms with van der Waals surface area (Å²) in [4.78, 5) is 16.8. The number of carbonyl (C=O) groups excluding carboxylic acids is 1. The first kappa shape index (κ1) is 17.0. The molecule has 26 heavy (non-hydrogen) atoms. The van der Waals surface area contributed by atoms with E-state index in [4.69, 9.17) is 4.74 Å². The minimum atomic E-state index is -3.28. The van der Waals surface area contributed by atoms with Gasteiger partial charge in [-0.15, -0.1) is 11.3 Å². The fraction of sp³-hybridized carbons (Fsp3) is 0.222. The molecule has 1 fully saturated rings. The fourth-order valence-electron chi connectivity index (χ4n) is 2.91. The molecule has 0 saturated carbocycles. The van der Waals surface area contributed by atoms with E-state index in [1.54, 1.807) is 24.3 Å². The van der Waals surface area contributed by atoms with Crippen LogP contribution in [0.5, 0.6) is 0 Å². The predicted molar refractivity (Wildman–Crippen MR) is 101 cm³/mol. The number of para-hydroxylation sites is 1. The molecule has 1 saturated heterocycles. The second-order valence-corrected chi connectivity index (χ2v) is 9.07. The Morgan fingerprint density at radius 2 is 2.04 bits per heavy atom. The molecule has 3 aromatic rings. The third-order valence-electron chi connectivity index (χ3n) is 4.13. The highest BCUT2D eigenvalue weighted by atomic mass is 32.2. The van der Waals surface area contributed by atoms with E-state index >= 15 is 0 Å². The summed E-state index contributed by atoms with van der Waals surface area (Å²) in [5.74, 6) is -0.359. The number of hydrogen-bond acceptors (Lipinski definition) is 6. The molecule has 1 aromatic heterocycles. The molecular formula is C18H16N2O4S2. The smallest absolute Gasteiger partial charge is 0.338 e. The molecule has 4 rings (SSSR count). The second-order valence-electron chi connectivity index (χ2n) is 5.94. The average molecular weight is 388 g/mol. The molecule has 0 spiro atoms. The minimum absolute atomic E-state index is 0.0877. The monoisotopic (exact) mass is 388 g/mol. The number of aromatic nitrogens is 1. The molecule has 1 aliphatic heterocycles. The Bertz CT molecular complexity index is 1040. The van der Waals surface area contributed by atoms with E-state index < -0.39 is 16.0 Å². The predicted octanol–water partition coefficient (Wildman–Crippen LogP) is 3.19. The van der Waals surface area contributed by atoms with Gasteiger partial charge in [0.1, 0.15) is 11.6 Å². The Morgan fingerprint density at radius 3 is 2.81 bits per heavy atom. The van der Waals surface area contributed by atoms with Crippen LogP contribution in [0, 0.1) is 0 Å². The molecule has 2 heterocycles. The zero-order valence-corrected chi connectivity index (χ0v) is 15.4. The zero-order chi connectivity index (χ0) is 18.1. The van der Waals surface area contributed by atoms with Crippen molar-refractivity contribution in [2.24, 2.45) is 0 Å². The number of rotatable bonds is 4. The van der Waals surface area contributed by atoms with E-state index in [2.05, 4.69) is 4.98 Å². The molecule has 0 atom stereocenters. The van der Waals surface area contributed by atoms with Crippen molar-refractivity contribution in [2.45, 2.75) is 13.0 Å². The summed E-state index contributed by atoms with van der Waals surface area (Å²) in [6.45, 7) is 0.525. The summed E-state index contributed by atoms with van der Waals surface area (Å²) >= 11 is 1.48. The van der Waals surface area contributed by atoms with Crippen LogP contribution in [0.3, 0.4) is 0 Å². The van der Waals surface area contributed by atoms with Crippen molar-refractivity contribution < 1.29 is 17.9 Å². The Balaban J connectivity index is 1.49. The number of fused-ring (bicyclic) bond motifs is 1. The quantitative estimate of drug-likeness (QED) is 0.642. The first-order valence-electron chi connectivity index (χ1n) is 8.15. The molecule has 1 aliphatic rings. The van der Waals surface area contributed by atoms with Crippen LogP contribution in [0.25, 0.3) is 10.2 Å². The van der Waals surface area contributed by atoms with Gasteiger partial charge in [0.2, 0.25) is 10.0 Å². The van der Waals surface area contributed by atoms with Gasteiger partial charge in [-0.3, -0.25) is 4.31 Å². The van der Waals surface area contributed by atoms with Crippen LogP contribution in [-0.4, -0.2) is 31.7 Å². The van der Waals surface area contributed by atoms with E-state index in [0.29, 0.717) is 24.2 Å². The van der Waals surface area contributed by atoms with Crippen LogP contribution in [-0.2, 0) is 21.4 Å². The lowest BCUT2D eigenvalue weighted by Crippen LogP contribution is -2.25. The summed E-state index contributed by atoms with van der Waals surface area (Å²) in [5.41, 5.74) is 1.70. The number of thiazole rings is 1. The Hall–Kier alpha value is -2.45. The number of sulfonamides is 1. The van der Waals surface area contributed by atoms with E-state index in [0.717, 1.165) is 15.2 Å². The maximum absolute atomic E-state index is 12.3. The van der Waals surface area contributed by atoms with E-state index in [1.807, 2.05) is 24.3 Å². The summed E-state index contributed by atoms with van der Waals surface area (Å²) in [6.07, 6.45) is 0.592. The number of ether oxygens (including phenoxy) is 1. The minimum Gasteiger partial charge on any atom is -0.455 e. The molecule has 134 valence electrons. The number of hydrogen-bond donors (Lipinski definition) is 0. The molecule has 0 unspecified atom stereocenters. The van der Waals surface area contributed by atoms with Crippen LogP contribution in [0.1, 0.15) is 21.8 Å². The maximum atomic E-state index is 12.3. The van der Waals surface area contributed by atoms with Gasteiger partial charge in [-0.05, 0) is 36.8 Å². The van der Waals surface area contributed by atoms with Crippen molar-refractivity contribution in [1.82, 2.24) is 4.98 Å². The largest absolute Gasteiger partial charge is 0.455 e. The standard InChI is InChI=1S/C18H16N2O4S2/c21-18(24-12-17-19-15-7-1-2-8-16(15)25-17)13-5-3-6-14(11-13)20-9-4-10-26(20,22)23/h1-3,5-8,11H,4,9-10,12H2. The lowest BCUT2D eigenvalue weighted by atomic mass is 10.2. The van der Waals surface area contributed by atoms with Crippen molar-refractivity contribution in [1.29, 1.82) is 0 Å². The lowest BCUT2D eigenvalue weighted by Gasteiger charge is -2.17. The number of benzene rings is 2. The molecule has 8 heteroatoms. The number of anilines is 1. The Kier molecular flexibility index (Phi) is 4.37. The Morgan fingerprint density at radius 1 is 1.19 bits per heavy atom. The molecule has 0 bridgehead atoms. The fourth-order valence-corrected chi connectivity index (χ4v) is 5.35. The van der Waals surface area contributed by atoms with Gasteiger partial charge in [0, 0.05) is 6.54 Å². The van der Waals surface area contributed by atoms with Crippen LogP contribution in [0.2, 0.25) is 0 Å². The third-order valence-corrected chi connectivity index (χ3v) is 7.01. The van der Waals surface area contributed by atoms with Crippen molar-refractivity contribution in [3.8, 4) is 0 Å². The highest BCUT2D eigenvalue weighted by molar-refractivity contribution is 7.93. The zero-order valence-electron chi connectivity index (χ0n) is 13.8. The normalized spacial score (nSPS) is 16.1. The summed E-state index contributed by atoms with van der Waals surface area (Å²) in [5, 5.41) is 0.720. The van der Waals surface area contributed by atoms with Gasteiger partial charge in [-0.25, -0.2) is 18.2 Å². The molecule has 6 nitrogen and oxygen atoms in total.